The highest BCUT2D eigenvalue weighted by molar-refractivity contribution is 6.32. The SMILES string of the molecule is Cc1nn(CCCCCCn2nc(C)c(Cl)c2C)c(C)c1Cl. The maximum atomic E-state index is 6.15. The molecule has 0 saturated heterocycles. The van der Waals surface area contributed by atoms with Gasteiger partial charge in [0.25, 0.3) is 0 Å². The molecule has 122 valence electrons. The van der Waals surface area contributed by atoms with Crippen LogP contribution in [-0.2, 0) is 13.1 Å². The largest absolute Gasteiger partial charge is 0.268 e. The second-order valence-corrected chi connectivity index (χ2v) is 6.59. The predicted molar refractivity (Wildman–Crippen MR) is 91.9 cm³/mol. The summed E-state index contributed by atoms with van der Waals surface area (Å²) in [5.74, 6) is 0. The van der Waals surface area contributed by atoms with E-state index < -0.39 is 0 Å². The molecule has 0 fully saturated rings. The summed E-state index contributed by atoms with van der Waals surface area (Å²) in [6.45, 7) is 9.82. The number of unbranched alkanes of at least 4 members (excludes halogenated alkanes) is 3. The van der Waals surface area contributed by atoms with Crippen LogP contribution in [0.5, 0.6) is 0 Å². The highest BCUT2D eigenvalue weighted by Crippen LogP contribution is 2.20. The van der Waals surface area contributed by atoms with Gasteiger partial charge in [0, 0.05) is 13.1 Å². The first-order valence-corrected chi connectivity index (χ1v) is 8.56. The molecule has 0 aliphatic carbocycles. The second kappa shape index (κ2) is 7.51. The molecule has 0 radical (unpaired) electrons. The number of nitrogens with zero attached hydrogens (tertiary/aromatic N) is 4. The van der Waals surface area contributed by atoms with E-state index in [1.807, 2.05) is 37.1 Å². The zero-order valence-corrected chi connectivity index (χ0v) is 15.3. The van der Waals surface area contributed by atoms with Crippen LogP contribution in [0, 0.1) is 27.7 Å². The van der Waals surface area contributed by atoms with E-state index in [9.17, 15) is 0 Å². The van der Waals surface area contributed by atoms with Crippen molar-refractivity contribution < 1.29 is 0 Å². The van der Waals surface area contributed by atoms with E-state index >= 15 is 0 Å². The average Bonchev–Trinajstić information content (AvgIpc) is 2.88. The number of aryl methyl sites for hydroxylation is 4. The van der Waals surface area contributed by atoms with Crippen molar-refractivity contribution in [2.75, 3.05) is 0 Å². The van der Waals surface area contributed by atoms with Crippen molar-refractivity contribution in [3.05, 3.63) is 32.8 Å². The van der Waals surface area contributed by atoms with E-state index in [0.29, 0.717) is 0 Å². The molecule has 4 nitrogen and oxygen atoms in total. The molecule has 2 aromatic heterocycles. The number of hydrogen-bond donors (Lipinski definition) is 0. The number of hydrogen-bond acceptors (Lipinski definition) is 2. The smallest absolute Gasteiger partial charge is 0.0844 e. The maximum Gasteiger partial charge on any atom is 0.0844 e. The van der Waals surface area contributed by atoms with Gasteiger partial charge in [0.1, 0.15) is 0 Å². The monoisotopic (exact) mass is 342 g/mol. The van der Waals surface area contributed by atoms with Gasteiger partial charge in [0.2, 0.25) is 0 Å². The molecule has 0 bridgehead atoms. The average molecular weight is 343 g/mol. The third-order valence-electron chi connectivity index (χ3n) is 4.08. The summed E-state index contributed by atoms with van der Waals surface area (Å²) in [5.41, 5.74) is 3.97. The van der Waals surface area contributed by atoms with Crippen LogP contribution in [0.1, 0.15) is 48.5 Å². The van der Waals surface area contributed by atoms with Gasteiger partial charge in [-0.1, -0.05) is 36.0 Å². The van der Waals surface area contributed by atoms with Crippen molar-refractivity contribution in [2.24, 2.45) is 0 Å². The number of aromatic nitrogens is 4. The first-order valence-electron chi connectivity index (χ1n) is 7.80. The highest BCUT2D eigenvalue weighted by atomic mass is 35.5. The van der Waals surface area contributed by atoms with Crippen LogP contribution in [0.2, 0.25) is 10.0 Å². The first-order chi connectivity index (χ1) is 10.4. The topological polar surface area (TPSA) is 35.6 Å². The maximum absolute atomic E-state index is 6.15. The Hall–Kier alpha value is -1.000. The van der Waals surface area contributed by atoms with E-state index in [1.54, 1.807) is 0 Å². The van der Waals surface area contributed by atoms with Crippen molar-refractivity contribution >= 4 is 23.2 Å². The number of halogens is 2. The fraction of sp³-hybridized carbons (Fsp3) is 0.625. The van der Waals surface area contributed by atoms with Crippen LogP contribution in [0.3, 0.4) is 0 Å². The normalized spacial score (nSPS) is 11.4. The summed E-state index contributed by atoms with van der Waals surface area (Å²) in [7, 11) is 0. The van der Waals surface area contributed by atoms with Gasteiger partial charge in [-0.05, 0) is 40.5 Å². The Bertz CT molecular complexity index is 587. The van der Waals surface area contributed by atoms with Gasteiger partial charge in [-0.25, -0.2) is 0 Å². The molecule has 2 heterocycles. The molecular formula is C16H24Cl2N4. The second-order valence-electron chi connectivity index (χ2n) is 5.83. The summed E-state index contributed by atoms with van der Waals surface area (Å²) in [6.07, 6.45) is 4.61. The van der Waals surface area contributed by atoms with Gasteiger partial charge in [-0.2, -0.15) is 10.2 Å². The van der Waals surface area contributed by atoms with Crippen LogP contribution < -0.4 is 0 Å². The van der Waals surface area contributed by atoms with Crippen LogP contribution in [0.25, 0.3) is 0 Å². The minimum atomic E-state index is 0.793. The zero-order valence-electron chi connectivity index (χ0n) is 13.8. The third-order valence-corrected chi connectivity index (χ3v) is 5.17. The molecule has 0 aliphatic heterocycles. The lowest BCUT2D eigenvalue weighted by Gasteiger charge is -2.06. The summed E-state index contributed by atoms with van der Waals surface area (Å²) >= 11 is 12.3. The van der Waals surface area contributed by atoms with Crippen molar-refractivity contribution in [1.29, 1.82) is 0 Å². The molecule has 0 aromatic carbocycles. The summed E-state index contributed by atoms with van der Waals surface area (Å²) in [4.78, 5) is 0. The fourth-order valence-corrected chi connectivity index (χ4v) is 2.93. The Morgan fingerprint density at radius 3 is 1.32 bits per heavy atom. The van der Waals surface area contributed by atoms with Crippen molar-refractivity contribution in [2.45, 2.75) is 66.5 Å². The molecule has 22 heavy (non-hydrogen) atoms. The molecule has 0 amide bonds. The summed E-state index contributed by atoms with van der Waals surface area (Å²) in [5, 5.41) is 10.5. The standard InChI is InChI=1S/C16H24Cl2N4/c1-11-15(17)13(3)21(19-11)9-7-5-6-8-10-22-14(4)16(18)12(2)20-22/h5-10H2,1-4H3. The Labute approximate surface area is 142 Å². The lowest BCUT2D eigenvalue weighted by molar-refractivity contribution is 0.492. The van der Waals surface area contributed by atoms with Crippen molar-refractivity contribution in [3.8, 4) is 0 Å². The lowest BCUT2D eigenvalue weighted by Crippen LogP contribution is -2.04. The first kappa shape index (κ1) is 17.4. The fourth-order valence-electron chi connectivity index (χ4n) is 2.66. The molecular weight excluding hydrogens is 319 g/mol. The Kier molecular flexibility index (Phi) is 5.93. The summed E-state index contributed by atoms with van der Waals surface area (Å²) < 4.78 is 4.02. The predicted octanol–water partition coefficient (Wildman–Crippen LogP) is 4.88. The Balaban J connectivity index is 1.69. The van der Waals surface area contributed by atoms with Crippen LogP contribution in [0.15, 0.2) is 0 Å². The quantitative estimate of drug-likeness (QED) is 0.672. The molecule has 0 atom stereocenters. The van der Waals surface area contributed by atoms with Gasteiger partial charge in [-0.15, -0.1) is 0 Å². The minimum absolute atomic E-state index is 0.793. The molecule has 0 spiro atoms. The Morgan fingerprint density at radius 1 is 0.682 bits per heavy atom. The molecule has 0 saturated carbocycles. The van der Waals surface area contributed by atoms with Crippen molar-refractivity contribution in [3.63, 3.8) is 0 Å². The minimum Gasteiger partial charge on any atom is -0.268 e. The highest BCUT2D eigenvalue weighted by Gasteiger charge is 2.09. The summed E-state index contributed by atoms with van der Waals surface area (Å²) in [6, 6.07) is 0. The Morgan fingerprint density at radius 2 is 1.05 bits per heavy atom. The van der Waals surface area contributed by atoms with Crippen LogP contribution in [-0.4, -0.2) is 19.6 Å². The van der Waals surface area contributed by atoms with Gasteiger partial charge in [0.05, 0.1) is 32.8 Å². The van der Waals surface area contributed by atoms with Crippen LogP contribution >= 0.6 is 23.2 Å². The van der Waals surface area contributed by atoms with E-state index in [4.69, 9.17) is 23.2 Å². The third kappa shape index (κ3) is 3.85. The van der Waals surface area contributed by atoms with E-state index in [1.165, 1.54) is 12.8 Å². The lowest BCUT2D eigenvalue weighted by atomic mass is 10.2. The molecule has 0 unspecified atom stereocenters. The molecule has 0 N–H and O–H groups in total. The van der Waals surface area contributed by atoms with Gasteiger partial charge in [0.15, 0.2) is 0 Å². The van der Waals surface area contributed by atoms with E-state index in [-0.39, 0.29) is 0 Å². The molecule has 2 aromatic rings. The molecule has 0 aliphatic rings. The van der Waals surface area contributed by atoms with Gasteiger partial charge < -0.3 is 0 Å². The zero-order chi connectivity index (χ0) is 16.3. The van der Waals surface area contributed by atoms with Gasteiger partial charge in [-0.3, -0.25) is 9.36 Å². The number of rotatable bonds is 7. The van der Waals surface area contributed by atoms with E-state index in [2.05, 4.69) is 10.2 Å². The molecule has 6 heteroatoms. The molecule has 2 rings (SSSR count). The van der Waals surface area contributed by atoms with E-state index in [0.717, 1.165) is 58.8 Å². The van der Waals surface area contributed by atoms with Gasteiger partial charge >= 0.3 is 0 Å². The van der Waals surface area contributed by atoms with Crippen molar-refractivity contribution in [1.82, 2.24) is 19.6 Å². The van der Waals surface area contributed by atoms with Crippen LogP contribution in [0.4, 0.5) is 0 Å².